The van der Waals surface area contributed by atoms with Gasteiger partial charge in [-0.05, 0) is 37.5 Å². The van der Waals surface area contributed by atoms with Gasteiger partial charge in [0.15, 0.2) is 17.5 Å². The maximum Gasteiger partial charge on any atom is 0.417 e. The maximum absolute atomic E-state index is 13.1. The van der Waals surface area contributed by atoms with E-state index in [1.807, 2.05) is 0 Å². The number of nitrogens with one attached hydrogen (secondary N) is 1. The number of aromatic nitrogens is 4. The molecule has 0 aliphatic carbocycles. The van der Waals surface area contributed by atoms with Crippen molar-refractivity contribution in [2.24, 2.45) is 7.05 Å². The quantitative estimate of drug-likeness (QED) is 0.420. The minimum atomic E-state index is -4.68. The van der Waals surface area contributed by atoms with Crippen LogP contribution >= 0.6 is 11.6 Å². The molecule has 1 atom stereocenters. The highest BCUT2D eigenvalue weighted by atomic mass is 35.5. The van der Waals surface area contributed by atoms with E-state index in [4.69, 9.17) is 30.5 Å². The van der Waals surface area contributed by atoms with Crippen molar-refractivity contribution in [3.8, 4) is 11.8 Å². The summed E-state index contributed by atoms with van der Waals surface area (Å²) in [6, 6.07) is 2.72. The Morgan fingerprint density at radius 3 is 2.75 bits per heavy atom. The highest BCUT2D eigenvalue weighted by molar-refractivity contribution is 6.31. The van der Waals surface area contributed by atoms with Crippen LogP contribution in [0.25, 0.3) is 11.2 Å². The van der Waals surface area contributed by atoms with Crippen LogP contribution < -0.4 is 16.0 Å². The van der Waals surface area contributed by atoms with Crippen molar-refractivity contribution in [2.45, 2.75) is 38.3 Å². The van der Waals surface area contributed by atoms with Crippen molar-refractivity contribution in [2.75, 3.05) is 26.4 Å². The first kappa shape index (κ1) is 26.2. The molecule has 0 bridgehead atoms. The second-order valence-corrected chi connectivity index (χ2v) is 8.47. The zero-order chi connectivity index (χ0) is 25.9. The van der Waals surface area contributed by atoms with Gasteiger partial charge in [0, 0.05) is 13.7 Å². The Hall–Kier alpha value is -2.87. The summed E-state index contributed by atoms with van der Waals surface area (Å²) < 4.78 is 63.3. The van der Waals surface area contributed by atoms with Gasteiger partial charge in [-0.3, -0.25) is 13.9 Å². The number of hydrogen-bond donors (Lipinski definition) is 1. The molecule has 1 fully saturated rings. The van der Waals surface area contributed by atoms with Crippen molar-refractivity contribution in [3.05, 3.63) is 49.6 Å². The van der Waals surface area contributed by atoms with Crippen LogP contribution in [0.4, 0.5) is 13.2 Å². The maximum atomic E-state index is 13.1. The fraction of sp³-hybridized carbons (Fsp3) is 0.500. The molecule has 196 valence electrons. The predicted molar refractivity (Wildman–Crippen MR) is 122 cm³/mol. The number of nitrogens with zero attached hydrogens (tertiary/aromatic N) is 3. The lowest BCUT2D eigenvalue weighted by Crippen LogP contribution is -2.40. The van der Waals surface area contributed by atoms with E-state index in [0.29, 0.717) is 19.3 Å². The molecule has 0 spiro atoms. The molecule has 4 rings (SSSR count). The van der Waals surface area contributed by atoms with Crippen LogP contribution in [-0.4, -0.2) is 51.8 Å². The molecule has 1 unspecified atom stereocenters. The van der Waals surface area contributed by atoms with Crippen LogP contribution in [0.15, 0.2) is 27.8 Å². The minimum absolute atomic E-state index is 0.0111. The van der Waals surface area contributed by atoms with Gasteiger partial charge in [0.05, 0.1) is 37.0 Å². The number of fused-ring (bicyclic) bond motifs is 1. The van der Waals surface area contributed by atoms with E-state index < -0.39 is 28.0 Å². The van der Waals surface area contributed by atoms with Gasteiger partial charge in [0.2, 0.25) is 0 Å². The number of aromatic amines is 1. The monoisotopic (exact) mass is 532 g/mol. The molecule has 2 aromatic heterocycles. The van der Waals surface area contributed by atoms with Crippen molar-refractivity contribution in [3.63, 3.8) is 0 Å². The molecular formula is C22H24ClF3N4O6. The third-order valence-corrected chi connectivity index (χ3v) is 5.87. The average molecular weight is 533 g/mol. The number of halogens is 4. The van der Waals surface area contributed by atoms with Gasteiger partial charge in [-0.25, -0.2) is 4.79 Å². The summed E-state index contributed by atoms with van der Waals surface area (Å²) in [6.07, 6.45) is -2.00. The van der Waals surface area contributed by atoms with Crippen molar-refractivity contribution < 1.29 is 32.1 Å². The number of benzene rings is 1. The lowest BCUT2D eigenvalue weighted by molar-refractivity contribution is -0.169. The van der Waals surface area contributed by atoms with E-state index in [2.05, 4.69) is 9.97 Å². The highest BCUT2D eigenvalue weighted by Gasteiger charge is 2.33. The second kappa shape index (κ2) is 11.0. The van der Waals surface area contributed by atoms with E-state index in [0.717, 1.165) is 34.5 Å². The van der Waals surface area contributed by atoms with Gasteiger partial charge in [-0.15, -0.1) is 0 Å². The summed E-state index contributed by atoms with van der Waals surface area (Å²) in [5.41, 5.74) is -2.44. The zero-order valence-electron chi connectivity index (χ0n) is 19.3. The third-order valence-electron chi connectivity index (χ3n) is 5.54. The first-order valence-electron chi connectivity index (χ1n) is 11.2. The summed E-state index contributed by atoms with van der Waals surface area (Å²) in [5.74, 6) is -0.203. The normalized spacial score (nSPS) is 16.5. The molecule has 14 heteroatoms. The summed E-state index contributed by atoms with van der Waals surface area (Å²) in [5, 5.41) is -0.485. The van der Waals surface area contributed by atoms with Crippen LogP contribution in [0, 0.1) is 0 Å². The van der Waals surface area contributed by atoms with Gasteiger partial charge in [0.25, 0.3) is 5.56 Å². The number of rotatable bonds is 9. The van der Waals surface area contributed by atoms with Crippen LogP contribution in [0.5, 0.6) is 11.8 Å². The zero-order valence-corrected chi connectivity index (χ0v) is 20.0. The SMILES string of the molecule is Cn1c(=O)n(CCOCCOC2CCCCO2)c(=O)c2[nH]c(Oc3ccc(Cl)c(C(F)(F)F)c3)nc21. The molecule has 1 aliphatic heterocycles. The molecule has 0 saturated carbocycles. The molecule has 1 aromatic carbocycles. The Labute approximate surface area is 207 Å². The standard InChI is InChI=1S/C22H24ClF3N4O6/c1-29-18-17(27-20(28-18)36-13-5-6-15(23)14(12-13)22(24,25)26)19(31)30(21(29)32)7-9-33-10-11-35-16-4-2-3-8-34-16/h5-6,12,16H,2-4,7-11H2,1H3,(H,27,28). The summed E-state index contributed by atoms with van der Waals surface area (Å²) >= 11 is 5.63. The molecule has 1 aliphatic rings. The number of alkyl halides is 3. The summed E-state index contributed by atoms with van der Waals surface area (Å²) in [4.78, 5) is 32.2. The number of imidazole rings is 1. The van der Waals surface area contributed by atoms with E-state index >= 15 is 0 Å². The van der Waals surface area contributed by atoms with E-state index in [-0.39, 0.29) is 49.0 Å². The molecular weight excluding hydrogens is 509 g/mol. The molecule has 0 radical (unpaired) electrons. The van der Waals surface area contributed by atoms with E-state index in [1.54, 1.807) is 0 Å². The van der Waals surface area contributed by atoms with Gasteiger partial charge < -0.3 is 23.9 Å². The van der Waals surface area contributed by atoms with Crippen molar-refractivity contribution in [1.29, 1.82) is 0 Å². The van der Waals surface area contributed by atoms with E-state index in [9.17, 15) is 22.8 Å². The lowest BCUT2D eigenvalue weighted by atomic mass is 10.2. The van der Waals surface area contributed by atoms with Crippen molar-refractivity contribution in [1.82, 2.24) is 19.1 Å². The molecule has 10 nitrogen and oxygen atoms in total. The second-order valence-electron chi connectivity index (χ2n) is 8.06. The average Bonchev–Trinajstić information content (AvgIpc) is 3.27. The predicted octanol–water partition coefficient (Wildman–Crippen LogP) is 3.45. The van der Waals surface area contributed by atoms with Gasteiger partial charge in [-0.2, -0.15) is 18.2 Å². The Morgan fingerprint density at radius 1 is 1.22 bits per heavy atom. The largest absolute Gasteiger partial charge is 0.426 e. The van der Waals surface area contributed by atoms with Gasteiger partial charge in [0.1, 0.15) is 5.75 Å². The fourth-order valence-corrected chi connectivity index (χ4v) is 3.93. The number of H-pyrrole nitrogens is 1. The first-order chi connectivity index (χ1) is 17.1. The van der Waals surface area contributed by atoms with Crippen molar-refractivity contribution >= 4 is 22.8 Å². The lowest BCUT2D eigenvalue weighted by Gasteiger charge is -2.22. The Kier molecular flexibility index (Phi) is 8.03. The van der Waals surface area contributed by atoms with Crippen LogP contribution in [-0.2, 0) is 34.0 Å². The van der Waals surface area contributed by atoms with Crippen LogP contribution in [0.3, 0.4) is 0 Å². The molecule has 0 amide bonds. The highest BCUT2D eigenvalue weighted by Crippen LogP contribution is 2.37. The first-order valence-corrected chi connectivity index (χ1v) is 11.6. The Balaban J connectivity index is 1.43. The third kappa shape index (κ3) is 5.91. The van der Waals surface area contributed by atoms with Gasteiger partial charge >= 0.3 is 17.9 Å². The fourth-order valence-electron chi connectivity index (χ4n) is 3.71. The molecule has 1 N–H and O–H groups in total. The number of aryl methyl sites for hydroxylation is 1. The number of hydrogen-bond acceptors (Lipinski definition) is 7. The summed E-state index contributed by atoms with van der Waals surface area (Å²) in [6.45, 7) is 1.31. The van der Waals surface area contributed by atoms with Crippen LogP contribution in [0.1, 0.15) is 24.8 Å². The number of ether oxygens (including phenoxy) is 4. The molecule has 36 heavy (non-hydrogen) atoms. The topological polar surface area (TPSA) is 110 Å². The molecule has 3 heterocycles. The van der Waals surface area contributed by atoms with Crippen LogP contribution in [0.2, 0.25) is 5.02 Å². The Morgan fingerprint density at radius 2 is 2.03 bits per heavy atom. The molecule has 1 saturated heterocycles. The van der Waals surface area contributed by atoms with Gasteiger partial charge in [-0.1, -0.05) is 11.6 Å². The Bertz CT molecular complexity index is 1330. The smallest absolute Gasteiger partial charge is 0.417 e. The minimum Gasteiger partial charge on any atom is -0.426 e. The van der Waals surface area contributed by atoms with E-state index in [1.165, 1.54) is 13.1 Å². The summed E-state index contributed by atoms with van der Waals surface area (Å²) in [7, 11) is 1.41. The molecule has 3 aromatic rings.